The molecule has 1 fully saturated rings. The van der Waals surface area contributed by atoms with Crippen molar-refractivity contribution in [1.82, 2.24) is 10.6 Å². The third-order valence-corrected chi connectivity index (χ3v) is 6.64. The minimum Gasteiger partial charge on any atom is -0.350 e. The molecule has 144 valence electrons. The zero-order valence-corrected chi connectivity index (χ0v) is 16.4. The van der Waals surface area contributed by atoms with E-state index in [9.17, 15) is 13.2 Å². The molecule has 1 aliphatic heterocycles. The lowest BCUT2D eigenvalue weighted by atomic mass is 10.2. The lowest BCUT2D eigenvalue weighted by Gasteiger charge is -2.20. The first-order chi connectivity index (χ1) is 12.9. The van der Waals surface area contributed by atoms with Gasteiger partial charge in [0.25, 0.3) is 15.9 Å². The van der Waals surface area contributed by atoms with Crippen molar-refractivity contribution in [2.75, 3.05) is 24.4 Å². The molecule has 1 amide bonds. The van der Waals surface area contributed by atoms with Gasteiger partial charge in [-0.1, -0.05) is 17.7 Å². The summed E-state index contributed by atoms with van der Waals surface area (Å²) in [7, 11) is -2.13. The van der Waals surface area contributed by atoms with Crippen molar-refractivity contribution < 1.29 is 13.2 Å². The van der Waals surface area contributed by atoms with E-state index < -0.39 is 10.0 Å². The van der Waals surface area contributed by atoms with Crippen molar-refractivity contribution in [3.05, 3.63) is 59.7 Å². The van der Waals surface area contributed by atoms with Gasteiger partial charge in [-0.15, -0.1) is 0 Å². The molecular weight excluding hydrogens is 362 g/mol. The molecule has 2 aromatic rings. The highest BCUT2D eigenvalue weighted by molar-refractivity contribution is 7.92. The lowest BCUT2D eigenvalue weighted by Crippen LogP contribution is -2.37. The van der Waals surface area contributed by atoms with Gasteiger partial charge in [-0.3, -0.25) is 9.10 Å². The second kappa shape index (κ2) is 8.10. The summed E-state index contributed by atoms with van der Waals surface area (Å²) >= 11 is 0. The predicted molar refractivity (Wildman–Crippen MR) is 107 cm³/mol. The van der Waals surface area contributed by atoms with Gasteiger partial charge >= 0.3 is 0 Å². The molecule has 0 aromatic heterocycles. The van der Waals surface area contributed by atoms with Crippen LogP contribution in [0.5, 0.6) is 0 Å². The maximum Gasteiger partial charge on any atom is 0.264 e. The molecule has 2 N–H and O–H groups in total. The van der Waals surface area contributed by atoms with Crippen LogP contribution in [0.1, 0.15) is 28.8 Å². The van der Waals surface area contributed by atoms with Crippen LogP contribution in [0.25, 0.3) is 0 Å². The predicted octanol–water partition coefficient (Wildman–Crippen LogP) is 2.30. The van der Waals surface area contributed by atoms with Crippen LogP contribution < -0.4 is 14.9 Å². The van der Waals surface area contributed by atoms with Gasteiger partial charge < -0.3 is 10.6 Å². The van der Waals surface area contributed by atoms with E-state index in [1.54, 1.807) is 48.5 Å². The maximum absolute atomic E-state index is 12.8. The summed E-state index contributed by atoms with van der Waals surface area (Å²) in [4.78, 5) is 12.5. The number of hydrogen-bond acceptors (Lipinski definition) is 4. The number of nitrogens with one attached hydrogen (secondary N) is 2. The number of carbonyl (C=O) groups is 1. The molecule has 0 saturated carbocycles. The van der Waals surface area contributed by atoms with Gasteiger partial charge in [0.05, 0.1) is 10.6 Å². The Morgan fingerprint density at radius 2 is 1.81 bits per heavy atom. The van der Waals surface area contributed by atoms with Crippen LogP contribution >= 0.6 is 0 Å². The summed E-state index contributed by atoms with van der Waals surface area (Å²) in [5.41, 5.74) is 2.02. The zero-order chi connectivity index (χ0) is 19.4. The van der Waals surface area contributed by atoms with E-state index in [4.69, 9.17) is 0 Å². The molecule has 0 bridgehead atoms. The Balaban J connectivity index is 1.68. The molecule has 3 rings (SSSR count). The fourth-order valence-corrected chi connectivity index (χ4v) is 4.27. The molecule has 27 heavy (non-hydrogen) atoms. The number of carbonyl (C=O) groups excluding carboxylic acids is 1. The molecule has 1 aliphatic rings. The van der Waals surface area contributed by atoms with E-state index in [2.05, 4.69) is 10.6 Å². The van der Waals surface area contributed by atoms with Crippen LogP contribution in [0.2, 0.25) is 0 Å². The fourth-order valence-electron chi connectivity index (χ4n) is 3.08. The first-order valence-corrected chi connectivity index (χ1v) is 10.5. The first-order valence-electron chi connectivity index (χ1n) is 9.05. The monoisotopic (exact) mass is 387 g/mol. The van der Waals surface area contributed by atoms with Crippen molar-refractivity contribution in [3.63, 3.8) is 0 Å². The zero-order valence-electron chi connectivity index (χ0n) is 15.6. The Labute approximate surface area is 160 Å². The number of sulfonamides is 1. The third-order valence-electron chi connectivity index (χ3n) is 4.84. The average Bonchev–Trinajstić information content (AvgIpc) is 3.19. The number of amides is 1. The molecule has 6 nitrogen and oxygen atoms in total. The smallest absolute Gasteiger partial charge is 0.264 e. The Kier molecular flexibility index (Phi) is 5.82. The Hall–Kier alpha value is -2.38. The van der Waals surface area contributed by atoms with Crippen molar-refractivity contribution in [3.8, 4) is 0 Å². The molecule has 1 unspecified atom stereocenters. The molecule has 1 atom stereocenters. The van der Waals surface area contributed by atoms with Crippen LogP contribution in [0.15, 0.2) is 53.4 Å². The molecule has 0 radical (unpaired) electrons. The Bertz CT molecular complexity index is 887. The van der Waals surface area contributed by atoms with Gasteiger partial charge in [-0.2, -0.15) is 0 Å². The topological polar surface area (TPSA) is 78.5 Å². The largest absolute Gasteiger partial charge is 0.350 e. The third kappa shape index (κ3) is 4.48. The Morgan fingerprint density at radius 1 is 1.15 bits per heavy atom. The highest BCUT2D eigenvalue weighted by Crippen LogP contribution is 2.22. The summed E-state index contributed by atoms with van der Waals surface area (Å²) in [5, 5.41) is 6.25. The molecule has 1 saturated heterocycles. The lowest BCUT2D eigenvalue weighted by molar-refractivity contribution is 0.0950. The SMILES string of the molecule is Cc1ccc(S(=O)(=O)N(C)c2ccc(C(=O)NCC3CCCN3)cc2)cc1. The number of nitrogens with zero attached hydrogens (tertiary/aromatic N) is 1. The van der Waals surface area contributed by atoms with Gasteiger partial charge in [-0.05, 0) is 62.7 Å². The molecule has 7 heteroatoms. The number of hydrogen-bond donors (Lipinski definition) is 2. The highest BCUT2D eigenvalue weighted by Gasteiger charge is 2.21. The molecular formula is C20H25N3O3S. The number of anilines is 1. The van der Waals surface area contributed by atoms with Crippen molar-refractivity contribution in [1.29, 1.82) is 0 Å². The second-order valence-electron chi connectivity index (χ2n) is 6.84. The fraction of sp³-hybridized carbons (Fsp3) is 0.350. The quantitative estimate of drug-likeness (QED) is 0.797. The maximum atomic E-state index is 12.8. The number of rotatable bonds is 6. The van der Waals surface area contributed by atoms with E-state index in [1.165, 1.54) is 11.4 Å². The summed E-state index contributed by atoms with van der Waals surface area (Å²) < 4.78 is 26.7. The molecule has 2 aromatic carbocycles. The number of aryl methyl sites for hydroxylation is 1. The normalized spacial score (nSPS) is 16.9. The van der Waals surface area contributed by atoms with Gasteiger partial charge in [0.1, 0.15) is 0 Å². The summed E-state index contributed by atoms with van der Waals surface area (Å²) in [6, 6.07) is 13.7. The summed E-state index contributed by atoms with van der Waals surface area (Å²) in [6.07, 6.45) is 2.21. The Morgan fingerprint density at radius 3 is 2.41 bits per heavy atom. The van der Waals surface area contributed by atoms with E-state index in [1.807, 2.05) is 6.92 Å². The summed E-state index contributed by atoms with van der Waals surface area (Å²) in [5.74, 6) is -0.153. The molecule has 1 heterocycles. The van der Waals surface area contributed by atoms with Gasteiger partial charge in [0.15, 0.2) is 0 Å². The van der Waals surface area contributed by atoms with Crippen LogP contribution in [-0.4, -0.2) is 40.5 Å². The highest BCUT2D eigenvalue weighted by atomic mass is 32.2. The minimum absolute atomic E-state index is 0.153. The van der Waals surface area contributed by atoms with Crippen LogP contribution in [0.3, 0.4) is 0 Å². The van der Waals surface area contributed by atoms with Crippen LogP contribution in [-0.2, 0) is 10.0 Å². The van der Waals surface area contributed by atoms with E-state index in [0.29, 0.717) is 23.8 Å². The first kappa shape index (κ1) is 19.4. The van der Waals surface area contributed by atoms with Crippen molar-refractivity contribution >= 4 is 21.6 Å². The standard InChI is InChI=1S/C20H25N3O3S/c1-15-5-11-19(12-6-15)27(25,26)23(2)18-9-7-16(8-10-18)20(24)22-14-17-4-3-13-21-17/h5-12,17,21H,3-4,13-14H2,1-2H3,(H,22,24). The molecule has 0 spiro atoms. The van der Waals surface area contributed by atoms with Crippen molar-refractivity contribution in [2.45, 2.75) is 30.7 Å². The van der Waals surface area contributed by atoms with Gasteiger partial charge in [0.2, 0.25) is 0 Å². The number of benzene rings is 2. The van der Waals surface area contributed by atoms with Crippen LogP contribution in [0.4, 0.5) is 5.69 Å². The van der Waals surface area contributed by atoms with Crippen LogP contribution in [0, 0.1) is 6.92 Å². The van der Waals surface area contributed by atoms with Gasteiger partial charge in [0, 0.05) is 25.2 Å². The average molecular weight is 388 g/mol. The second-order valence-corrected chi connectivity index (χ2v) is 8.81. The summed E-state index contributed by atoms with van der Waals surface area (Å²) in [6.45, 7) is 3.51. The van der Waals surface area contributed by atoms with E-state index in [-0.39, 0.29) is 10.8 Å². The minimum atomic E-state index is -3.64. The van der Waals surface area contributed by atoms with E-state index in [0.717, 1.165) is 24.9 Å². The molecule has 0 aliphatic carbocycles. The van der Waals surface area contributed by atoms with E-state index >= 15 is 0 Å². The van der Waals surface area contributed by atoms with Crippen molar-refractivity contribution in [2.24, 2.45) is 0 Å². The van der Waals surface area contributed by atoms with Gasteiger partial charge in [-0.25, -0.2) is 8.42 Å².